The number of aliphatic hydroxyl groups is 2. The van der Waals surface area contributed by atoms with E-state index in [0.29, 0.717) is 24.7 Å². The number of fused-ring (bicyclic) bond motifs is 2. The van der Waals surface area contributed by atoms with Crippen molar-refractivity contribution >= 4 is 5.97 Å². The zero-order chi connectivity index (χ0) is 18.8. The molecule has 0 aromatic rings. The zero-order valence-corrected chi connectivity index (χ0v) is 16.4. The number of ether oxygens (including phenoxy) is 2. The van der Waals surface area contributed by atoms with E-state index in [-0.39, 0.29) is 23.6 Å². The van der Waals surface area contributed by atoms with Crippen molar-refractivity contribution in [1.82, 2.24) is 0 Å². The van der Waals surface area contributed by atoms with E-state index in [0.717, 1.165) is 25.7 Å². The number of hydrogen-bond donors (Lipinski definition) is 2. The fourth-order valence-electron chi connectivity index (χ4n) is 4.87. The summed E-state index contributed by atoms with van der Waals surface area (Å²) in [7, 11) is 0. The quantitative estimate of drug-likeness (QED) is 0.757. The van der Waals surface area contributed by atoms with Crippen LogP contribution in [-0.2, 0) is 14.3 Å². The van der Waals surface area contributed by atoms with Crippen molar-refractivity contribution in [1.29, 1.82) is 0 Å². The largest absolute Gasteiger partial charge is 0.459 e. The fourth-order valence-corrected chi connectivity index (χ4v) is 4.87. The summed E-state index contributed by atoms with van der Waals surface area (Å²) in [6, 6.07) is 0. The molecule has 2 aliphatic rings. The van der Waals surface area contributed by atoms with Crippen molar-refractivity contribution in [3.8, 4) is 0 Å². The third-order valence-corrected chi connectivity index (χ3v) is 6.09. The normalized spacial score (nSPS) is 42.4. The molecule has 2 heterocycles. The summed E-state index contributed by atoms with van der Waals surface area (Å²) in [5.41, 5.74) is -0.191. The van der Waals surface area contributed by atoms with Crippen LogP contribution in [-0.4, -0.2) is 46.2 Å². The highest BCUT2D eigenvalue weighted by Crippen LogP contribution is 2.45. The average Bonchev–Trinajstić information content (AvgIpc) is 2.84. The molecule has 5 nitrogen and oxygen atoms in total. The number of cyclic esters (lactones) is 1. The number of carbonyl (C=O) groups is 1. The van der Waals surface area contributed by atoms with E-state index in [2.05, 4.69) is 20.8 Å². The Labute approximate surface area is 152 Å². The second kappa shape index (κ2) is 8.36. The van der Waals surface area contributed by atoms with Crippen LogP contribution in [0.15, 0.2) is 0 Å². The van der Waals surface area contributed by atoms with Gasteiger partial charge >= 0.3 is 5.97 Å². The zero-order valence-electron chi connectivity index (χ0n) is 16.4. The first-order chi connectivity index (χ1) is 11.7. The van der Waals surface area contributed by atoms with Crippen LogP contribution in [0, 0.1) is 17.8 Å². The van der Waals surface area contributed by atoms with Gasteiger partial charge in [0.1, 0.15) is 12.2 Å². The van der Waals surface area contributed by atoms with Gasteiger partial charge in [0.2, 0.25) is 0 Å². The molecule has 2 N–H and O–H groups in total. The number of rotatable bonds is 4. The van der Waals surface area contributed by atoms with Crippen LogP contribution in [0.5, 0.6) is 0 Å². The van der Waals surface area contributed by atoms with Gasteiger partial charge in [-0.25, -0.2) is 0 Å². The first-order valence-corrected chi connectivity index (χ1v) is 9.94. The van der Waals surface area contributed by atoms with Crippen molar-refractivity contribution in [3.63, 3.8) is 0 Å². The maximum atomic E-state index is 12.4. The van der Waals surface area contributed by atoms with E-state index < -0.39 is 18.3 Å². The summed E-state index contributed by atoms with van der Waals surface area (Å²) in [4.78, 5) is 12.4. The third-order valence-electron chi connectivity index (χ3n) is 6.09. The van der Waals surface area contributed by atoms with Gasteiger partial charge in [0, 0.05) is 12.3 Å². The smallest absolute Gasteiger partial charge is 0.306 e. The Balaban J connectivity index is 2.35. The molecule has 146 valence electrons. The molecule has 8 atom stereocenters. The Bertz CT molecular complexity index is 453. The van der Waals surface area contributed by atoms with E-state index in [9.17, 15) is 15.0 Å². The molecule has 2 bridgehead atoms. The van der Waals surface area contributed by atoms with E-state index in [1.54, 1.807) is 0 Å². The van der Waals surface area contributed by atoms with Gasteiger partial charge in [0.25, 0.3) is 0 Å². The lowest BCUT2D eigenvalue weighted by atomic mass is 9.80. The molecule has 2 aliphatic heterocycles. The van der Waals surface area contributed by atoms with Crippen LogP contribution < -0.4 is 0 Å². The maximum absolute atomic E-state index is 12.4. The van der Waals surface area contributed by atoms with Gasteiger partial charge < -0.3 is 19.7 Å². The van der Waals surface area contributed by atoms with Crippen molar-refractivity contribution in [3.05, 3.63) is 0 Å². The second-order valence-corrected chi connectivity index (χ2v) is 8.55. The van der Waals surface area contributed by atoms with Gasteiger partial charge in [-0.3, -0.25) is 4.79 Å². The van der Waals surface area contributed by atoms with Crippen LogP contribution in [0.4, 0.5) is 0 Å². The molecular weight excluding hydrogens is 320 g/mol. The number of hydrogen-bond acceptors (Lipinski definition) is 5. The Morgan fingerprint density at radius 3 is 2.52 bits per heavy atom. The molecule has 2 saturated heterocycles. The standard InChI is InChI=1S/C20H36O5/c1-6-14-18-13(4)11-20(5,25-18)10-12(3)8-9-16(22)24-19(14)17(23)15(21)7-2/h12-15,17-19,21,23H,6-11H2,1-5H3/t12-,13?,14+,15+,17+,18?,19+,20-/m0/s1. The molecule has 5 heteroatoms. The summed E-state index contributed by atoms with van der Waals surface area (Å²) in [6.07, 6.45) is 1.37. The van der Waals surface area contributed by atoms with Gasteiger partial charge in [-0.2, -0.15) is 0 Å². The predicted molar refractivity (Wildman–Crippen MR) is 96.0 cm³/mol. The Kier molecular flexibility index (Phi) is 6.91. The van der Waals surface area contributed by atoms with Crippen LogP contribution in [0.3, 0.4) is 0 Å². The maximum Gasteiger partial charge on any atom is 0.306 e. The van der Waals surface area contributed by atoms with Crippen LogP contribution >= 0.6 is 0 Å². The number of carbonyl (C=O) groups excluding carboxylic acids is 1. The second-order valence-electron chi connectivity index (χ2n) is 8.55. The number of aliphatic hydroxyl groups excluding tert-OH is 2. The lowest BCUT2D eigenvalue weighted by molar-refractivity contribution is -0.176. The van der Waals surface area contributed by atoms with Gasteiger partial charge in [-0.15, -0.1) is 0 Å². The molecule has 25 heavy (non-hydrogen) atoms. The summed E-state index contributed by atoms with van der Waals surface area (Å²) >= 11 is 0. The molecule has 2 fully saturated rings. The number of esters is 1. The summed E-state index contributed by atoms with van der Waals surface area (Å²) in [5, 5.41) is 20.8. The molecule has 2 rings (SSSR count). The lowest BCUT2D eigenvalue weighted by Gasteiger charge is -2.37. The summed E-state index contributed by atoms with van der Waals surface area (Å²) in [6.45, 7) is 10.3. The molecule has 0 aromatic heterocycles. The first-order valence-electron chi connectivity index (χ1n) is 9.94. The highest BCUT2D eigenvalue weighted by molar-refractivity contribution is 5.69. The highest BCUT2D eigenvalue weighted by atomic mass is 16.6. The third kappa shape index (κ3) is 4.75. The van der Waals surface area contributed by atoms with Crippen molar-refractivity contribution < 1.29 is 24.5 Å². The van der Waals surface area contributed by atoms with Gasteiger partial charge in [0.15, 0.2) is 0 Å². The summed E-state index contributed by atoms with van der Waals surface area (Å²) in [5.74, 6) is 0.304. The molecule has 2 unspecified atom stereocenters. The molecular formula is C20H36O5. The molecule has 0 aliphatic carbocycles. The first kappa shape index (κ1) is 20.7. The van der Waals surface area contributed by atoms with Gasteiger partial charge in [-0.1, -0.05) is 27.7 Å². The monoisotopic (exact) mass is 356 g/mol. The molecule has 0 spiro atoms. The van der Waals surface area contributed by atoms with Crippen molar-refractivity contribution in [2.24, 2.45) is 17.8 Å². The van der Waals surface area contributed by atoms with Crippen molar-refractivity contribution in [2.45, 2.75) is 103 Å². The Hall–Kier alpha value is -0.650. The van der Waals surface area contributed by atoms with Gasteiger partial charge in [-0.05, 0) is 50.9 Å². The van der Waals surface area contributed by atoms with Crippen LogP contribution in [0.25, 0.3) is 0 Å². The predicted octanol–water partition coefficient (Wildman–Crippen LogP) is 3.06. The molecule has 0 aromatic carbocycles. The minimum Gasteiger partial charge on any atom is -0.459 e. The SMILES string of the molecule is CC[C@@H](O)[C@@H](O)[C@@H]1OC(=O)CC[C@H](C)C[C@@]2(C)CC(C)C(O2)[C@H]1CC. The van der Waals surface area contributed by atoms with E-state index in [1.165, 1.54) is 0 Å². The van der Waals surface area contributed by atoms with Crippen molar-refractivity contribution in [2.75, 3.05) is 0 Å². The molecule has 0 saturated carbocycles. The van der Waals surface area contributed by atoms with Gasteiger partial charge in [0.05, 0.1) is 17.8 Å². The van der Waals surface area contributed by atoms with Crippen LogP contribution in [0.2, 0.25) is 0 Å². The fraction of sp³-hybridized carbons (Fsp3) is 0.950. The van der Waals surface area contributed by atoms with E-state index in [4.69, 9.17) is 9.47 Å². The lowest BCUT2D eigenvalue weighted by Crippen LogP contribution is -2.49. The van der Waals surface area contributed by atoms with Crippen LogP contribution in [0.1, 0.15) is 73.1 Å². The average molecular weight is 357 g/mol. The summed E-state index contributed by atoms with van der Waals surface area (Å²) < 4.78 is 12.2. The molecule has 0 amide bonds. The molecule has 0 radical (unpaired) electrons. The van der Waals surface area contributed by atoms with E-state index in [1.807, 2.05) is 13.8 Å². The van der Waals surface area contributed by atoms with E-state index >= 15 is 0 Å². The minimum absolute atomic E-state index is 0.0724. The topological polar surface area (TPSA) is 76.0 Å². The highest BCUT2D eigenvalue weighted by Gasteiger charge is 2.49. The Morgan fingerprint density at radius 1 is 1.24 bits per heavy atom. The minimum atomic E-state index is -1.08. The Morgan fingerprint density at radius 2 is 1.92 bits per heavy atom.